The molecule has 28 heavy (non-hydrogen) atoms. The third-order valence-corrected chi connectivity index (χ3v) is 5.57. The number of carbonyl (C=O) groups is 2. The number of sulfone groups is 1. The van der Waals surface area contributed by atoms with Crippen molar-refractivity contribution in [1.29, 1.82) is 0 Å². The van der Waals surface area contributed by atoms with E-state index in [1.165, 1.54) is 12.1 Å². The number of nitrogens with one attached hydrogen (secondary N) is 2. The largest absolute Gasteiger partial charge is 0.501 e. The first-order valence-electron chi connectivity index (χ1n) is 8.22. The zero-order valence-electron chi connectivity index (χ0n) is 14.3. The highest BCUT2D eigenvalue weighted by Crippen LogP contribution is 2.30. The van der Waals surface area contributed by atoms with Gasteiger partial charge in [0.2, 0.25) is 0 Å². The van der Waals surface area contributed by atoms with Crippen molar-refractivity contribution in [3.05, 3.63) is 59.7 Å². The molecule has 0 spiro atoms. The first-order chi connectivity index (χ1) is 13.1. The second kappa shape index (κ2) is 7.27. The van der Waals surface area contributed by atoms with Crippen LogP contribution >= 0.6 is 0 Å². The molecule has 0 saturated heterocycles. The molecule has 1 fully saturated rings. The molecule has 2 N–H and O–H groups in total. The molecule has 2 amide bonds. The van der Waals surface area contributed by atoms with Gasteiger partial charge in [-0.2, -0.15) is 13.2 Å². The van der Waals surface area contributed by atoms with E-state index in [4.69, 9.17) is 0 Å². The van der Waals surface area contributed by atoms with E-state index in [0.717, 1.165) is 25.0 Å². The summed E-state index contributed by atoms with van der Waals surface area (Å²) in [6, 6.07) is 9.79. The van der Waals surface area contributed by atoms with Crippen LogP contribution in [0.2, 0.25) is 0 Å². The third kappa shape index (κ3) is 4.16. The summed E-state index contributed by atoms with van der Waals surface area (Å²) < 4.78 is 60.5. The molecule has 0 heterocycles. The molecule has 148 valence electrons. The van der Waals surface area contributed by atoms with E-state index >= 15 is 0 Å². The van der Waals surface area contributed by atoms with Gasteiger partial charge in [0.25, 0.3) is 21.7 Å². The van der Waals surface area contributed by atoms with Gasteiger partial charge in [-0.25, -0.2) is 8.42 Å². The van der Waals surface area contributed by atoms with Crippen molar-refractivity contribution in [3.8, 4) is 0 Å². The van der Waals surface area contributed by atoms with E-state index in [1.807, 2.05) is 0 Å². The Morgan fingerprint density at radius 3 is 2.11 bits per heavy atom. The van der Waals surface area contributed by atoms with Gasteiger partial charge in [0.15, 0.2) is 0 Å². The molecule has 0 unspecified atom stereocenters. The fourth-order valence-corrected chi connectivity index (χ4v) is 3.16. The van der Waals surface area contributed by atoms with Gasteiger partial charge < -0.3 is 10.6 Å². The molecule has 2 aromatic carbocycles. The van der Waals surface area contributed by atoms with E-state index < -0.39 is 26.1 Å². The highest BCUT2D eigenvalue weighted by Gasteiger charge is 2.46. The number of anilines is 1. The van der Waals surface area contributed by atoms with Crippen molar-refractivity contribution in [2.45, 2.75) is 29.3 Å². The Labute approximate surface area is 158 Å². The number of hydrogen-bond donors (Lipinski definition) is 2. The van der Waals surface area contributed by atoms with Crippen molar-refractivity contribution < 1.29 is 31.2 Å². The van der Waals surface area contributed by atoms with Crippen LogP contribution < -0.4 is 10.6 Å². The molecule has 2 aromatic rings. The molecule has 6 nitrogen and oxygen atoms in total. The number of hydrogen-bond acceptors (Lipinski definition) is 4. The minimum atomic E-state index is -5.49. The number of rotatable bonds is 5. The molecule has 0 aliphatic heterocycles. The molecular weight excluding hydrogens is 397 g/mol. The average molecular weight is 412 g/mol. The maximum absolute atomic E-state index is 12.6. The molecular formula is C18H15F3N2O4S. The average Bonchev–Trinajstić information content (AvgIpc) is 3.45. The number of halogens is 3. The SMILES string of the molecule is O=C(Nc1ccccc1C(=O)NC1CC1)c1ccc(S(=O)(=O)C(F)(F)F)cc1. The first-order valence-corrected chi connectivity index (χ1v) is 9.70. The van der Waals surface area contributed by atoms with Gasteiger partial charge in [0.1, 0.15) is 0 Å². The fourth-order valence-electron chi connectivity index (χ4n) is 2.39. The van der Waals surface area contributed by atoms with Crippen LogP contribution in [0, 0.1) is 0 Å². The van der Waals surface area contributed by atoms with Crippen molar-refractivity contribution in [3.63, 3.8) is 0 Å². The van der Waals surface area contributed by atoms with Crippen LogP contribution in [0.3, 0.4) is 0 Å². The van der Waals surface area contributed by atoms with Crippen LogP contribution in [-0.4, -0.2) is 31.8 Å². The maximum atomic E-state index is 12.6. The smallest absolute Gasteiger partial charge is 0.349 e. The molecule has 0 bridgehead atoms. The van der Waals surface area contributed by atoms with Crippen LogP contribution in [0.4, 0.5) is 18.9 Å². The number of benzene rings is 2. The summed E-state index contributed by atoms with van der Waals surface area (Å²) in [5.41, 5.74) is -5.00. The molecule has 3 rings (SSSR count). The molecule has 0 aromatic heterocycles. The van der Waals surface area contributed by atoms with E-state index in [2.05, 4.69) is 10.6 Å². The van der Waals surface area contributed by atoms with Gasteiger partial charge in [-0.05, 0) is 49.2 Å². The van der Waals surface area contributed by atoms with Crippen molar-refractivity contribution in [2.24, 2.45) is 0 Å². The summed E-state index contributed by atoms with van der Waals surface area (Å²) in [5, 5.41) is 5.32. The zero-order valence-corrected chi connectivity index (χ0v) is 15.1. The summed E-state index contributed by atoms with van der Waals surface area (Å²) in [5.74, 6) is -1.03. The van der Waals surface area contributed by atoms with E-state index in [-0.39, 0.29) is 28.8 Å². The first kappa shape index (κ1) is 19.9. The van der Waals surface area contributed by atoms with Gasteiger partial charge in [0, 0.05) is 11.6 Å². The summed E-state index contributed by atoms with van der Waals surface area (Å²) in [4.78, 5) is 23.7. The predicted octanol–water partition coefficient (Wildman–Crippen LogP) is 3.12. The summed E-state index contributed by atoms with van der Waals surface area (Å²) in [6.07, 6.45) is 1.79. The Hall–Kier alpha value is -2.88. The standard InChI is InChI=1S/C18H15F3N2O4S/c19-18(20,21)28(26,27)13-9-5-11(6-10-13)16(24)23-15-4-2-1-3-14(15)17(25)22-12-7-8-12/h1-6,9-10,12H,7-8H2,(H,22,25)(H,23,24). The lowest BCUT2D eigenvalue weighted by molar-refractivity contribution is -0.0436. The Morgan fingerprint density at radius 1 is 0.929 bits per heavy atom. The Kier molecular flexibility index (Phi) is 5.16. The predicted molar refractivity (Wildman–Crippen MR) is 94.6 cm³/mol. The minimum Gasteiger partial charge on any atom is -0.349 e. The van der Waals surface area contributed by atoms with Gasteiger partial charge in [-0.3, -0.25) is 9.59 Å². The third-order valence-electron chi connectivity index (χ3n) is 4.06. The van der Waals surface area contributed by atoms with Crippen LogP contribution in [0.25, 0.3) is 0 Å². The maximum Gasteiger partial charge on any atom is 0.501 e. The zero-order chi connectivity index (χ0) is 20.5. The second-order valence-electron chi connectivity index (χ2n) is 6.22. The van der Waals surface area contributed by atoms with Gasteiger partial charge in [-0.15, -0.1) is 0 Å². The lowest BCUT2D eigenvalue weighted by Crippen LogP contribution is -2.27. The number of alkyl halides is 3. The van der Waals surface area contributed by atoms with Crippen LogP contribution in [0.5, 0.6) is 0 Å². The number of para-hydroxylation sites is 1. The van der Waals surface area contributed by atoms with Crippen molar-refractivity contribution in [1.82, 2.24) is 5.32 Å². The highest BCUT2D eigenvalue weighted by atomic mass is 32.2. The Morgan fingerprint density at radius 2 is 1.54 bits per heavy atom. The summed E-state index contributed by atoms with van der Waals surface area (Å²) >= 11 is 0. The molecule has 1 saturated carbocycles. The number of amides is 2. The van der Waals surface area contributed by atoms with Gasteiger partial charge in [0.05, 0.1) is 16.1 Å². The van der Waals surface area contributed by atoms with E-state index in [9.17, 15) is 31.2 Å². The fraction of sp³-hybridized carbons (Fsp3) is 0.222. The molecule has 0 atom stereocenters. The van der Waals surface area contributed by atoms with Crippen LogP contribution in [0.1, 0.15) is 33.6 Å². The van der Waals surface area contributed by atoms with Crippen LogP contribution in [-0.2, 0) is 9.84 Å². The number of carbonyl (C=O) groups excluding carboxylic acids is 2. The summed E-state index contributed by atoms with van der Waals surface area (Å²) in [7, 11) is -5.49. The molecule has 1 aliphatic rings. The normalized spacial score (nSPS) is 14.4. The van der Waals surface area contributed by atoms with Gasteiger partial charge in [-0.1, -0.05) is 12.1 Å². The lowest BCUT2D eigenvalue weighted by atomic mass is 10.1. The molecule has 1 aliphatic carbocycles. The topological polar surface area (TPSA) is 92.3 Å². The highest BCUT2D eigenvalue weighted by molar-refractivity contribution is 7.92. The van der Waals surface area contributed by atoms with E-state index in [0.29, 0.717) is 12.1 Å². The Balaban J connectivity index is 1.78. The minimum absolute atomic E-state index is 0.0569. The summed E-state index contributed by atoms with van der Waals surface area (Å²) in [6.45, 7) is 0. The quantitative estimate of drug-likeness (QED) is 0.789. The monoisotopic (exact) mass is 412 g/mol. The van der Waals surface area contributed by atoms with Gasteiger partial charge >= 0.3 is 5.51 Å². The van der Waals surface area contributed by atoms with Crippen LogP contribution in [0.15, 0.2) is 53.4 Å². The molecule has 10 heteroatoms. The van der Waals surface area contributed by atoms with Crippen molar-refractivity contribution in [2.75, 3.05) is 5.32 Å². The lowest BCUT2D eigenvalue weighted by Gasteiger charge is -2.12. The van der Waals surface area contributed by atoms with E-state index in [1.54, 1.807) is 12.1 Å². The molecule has 0 radical (unpaired) electrons. The Bertz CT molecular complexity index is 1010. The second-order valence-corrected chi connectivity index (χ2v) is 8.16. The van der Waals surface area contributed by atoms with Crippen molar-refractivity contribution >= 4 is 27.3 Å².